The van der Waals surface area contributed by atoms with Gasteiger partial charge in [0.05, 0.1) is 30.5 Å². The minimum Gasteiger partial charge on any atom is -0.480 e. The van der Waals surface area contributed by atoms with Crippen LogP contribution in [0, 0.1) is 29.9 Å². The summed E-state index contributed by atoms with van der Waals surface area (Å²) in [6.07, 6.45) is -2.91. The number of nitrogens with zero attached hydrogens (tertiary/aromatic N) is 3. The SMILES string of the molecule is C=Cc1c(C)ccc(-c2ccc(C#N)cc2Cl)c1N=C.O=C(O)CNC(=O)c1c(F)cc(N2CCOCC2C(F)(F)F)cc1F. The maximum absolute atomic E-state index is 14.1. The van der Waals surface area contributed by atoms with Crippen LogP contribution in [-0.4, -0.2) is 62.2 Å². The smallest absolute Gasteiger partial charge is 0.411 e. The maximum atomic E-state index is 14.1. The molecule has 8 nitrogen and oxygen atoms in total. The number of hydrogen-bond acceptors (Lipinski definition) is 6. The maximum Gasteiger partial charge on any atom is 0.411 e. The topological polar surface area (TPSA) is 115 Å². The molecule has 0 radical (unpaired) electrons. The minimum absolute atomic E-state index is 0.0589. The molecule has 3 aromatic carbocycles. The van der Waals surface area contributed by atoms with Gasteiger partial charge in [-0.05, 0) is 43.5 Å². The lowest BCUT2D eigenvalue weighted by atomic mass is 9.96. The van der Waals surface area contributed by atoms with E-state index in [-0.39, 0.29) is 13.2 Å². The quantitative estimate of drug-likeness (QED) is 0.217. The van der Waals surface area contributed by atoms with Gasteiger partial charge in [0.15, 0.2) is 0 Å². The number of rotatable bonds is 7. The molecule has 1 aliphatic rings. The van der Waals surface area contributed by atoms with Crippen LogP contribution in [0.4, 0.5) is 33.3 Å². The summed E-state index contributed by atoms with van der Waals surface area (Å²) < 4.78 is 72.0. The molecule has 0 aromatic heterocycles. The number of aliphatic imine (C=N–C) groups is 1. The number of aliphatic carboxylic acids is 1. The van der Waals surface area contributed by atoms with Crippen molar-refractivity contribution in [3.63, 3.8) is 0 Å². The summed E-state index contributed by atoms with van der Waals surface area (Å²) >= 11 is 6.27. The van der Waals surface area contributed by atoms with Crippen LogP contribution in [-0.2, 0) is 9.53 Å². The van der Waals surface area contributed by atoms with Crippen molar-refractivity contribution in [1.82, 2.24) is 5.32 Å². The molecule has 0 bridgehead atoms. The van der Waals surface area contributed by atoms with Crippen LogP contribution in [0.5, 0.6) is 0 Å². The zero-order valence-corrected chi connectivity index (χ0v) is 24.5. The molecule has 0 spiro atoms. The predicted octanol–water partition coefficient (Wildman–Crippen LogP) is 6.71. The van der Waals surface area contributed by atoms with Crippen molar-refractivity contribution in [2.24, 2.45) is 4.99 Å². The monoisotopic (exact) mass is 648 g/mol. The number of carbonyl (C=O) groups is 2. The average Bonchev–Trinajstić information content (AvgIpc) is 2.99. The molecule has 236 valence electrons. The van der Waals surface area contributed by atoms with Crippen molar-refractivity contribution in [2.75, 3.05) is 31.2 Å². The van der Waals surface area contributed by atoms with Crippen LogP contribution in [0.15, 0.2) is 54.0 Å². The molecular weight excluding hydrogens is 623 g/mol. The Kier molecular flexibility index (Phi) is 11.4. The summed E-state index contributed by atoms with van der Waals surface area (Å²) in [5, 5.41) is 19.6. The fraction of sp³-hybridized carbons (Fsp3) is 0.226. The first-order valence-corrected chi connectivity index (χ1v) is 13.4. The van der Waals surface area contributed by atoms with Gasteiger partial charge in [-0.2, -0.15) is 18.4 Å². The number of aryl methyl sites for hydroxylation is 1. The van der Waals surface area contributed by atoms with Gasteiger partial charge in [0.2, 0.25) is 0 Å². The van der Waals surface area contributed by atoms with E-state index in [0.29, 0.717) is 22.7 Å². The molecule has 1 unspecified atom stereocenters. The predicted molar refractivity (Wildman–Crippen MR) is 160 cm³/mol. The van der Waals surface area contributed by atoms with Gasteiger partial charge in [0.25, 0.3) is 5.91 Å². The standard InChI is InChI=1S/C17H13ClN2.C14H13F5N2O4/c1-4-13-11(2)5-7-15(17(13)20-3)14-8-6-12(10-19)9-16(14)18;15-8-3-7(21-1-2-25-6-10(21)14(17,18)19)4-9(16)12(8)13(24)20-5-11(22)23/h4-9H,1,3H2,2H3;3-4,10H,1-2,5-6H2,(H,20,24)(H,22,23). The zero-order valence-electron chi connectivity index (χ0n) is 23.7. The van der Waals surface area contributed by atoms with Crippen molar-refractivity contribution >= 4 is 47.6 Å². The van der Waals surface area contributed by atoms with E-state index in [4.69, 9.17) is 26.7 Å². The Labute approximate surface area is 260 Å². The highest BCUT2D eigenvalue weighted by Gasteiger charge is 2.45. The molecule has 2 N–H and O–H groups in total. The van der Waals surface area contributed by atoms with Gasteiger partial charge in [0, 0.05) is 33.9 Å². The normalized spacial score (nSPS) is 14.4. The lowest BCUT2D eigenvalue weighted by Crippen LogP contribution is -2.53. The Morgan fingerprint density at radius 2 is 1.84 bits per heavy atom. The number of carboxylic acids is 1. The number of anilines is 1. The highest BCUT2D eigenvalue weighted by Crippen LogP contribution is 2.39. The Morgan fingerprint density at radius 3 is 2.38 bits per heavy atom. The van der Waals surface area contributed by atoms with E-state index in [1.165, 1.54) is 0 Å². The van der Waals surface area contributed by atoms with Gasteiger partial charge >= 0.3 is 12.1 Å². The summed E-state index contributed by atoms with van der Waals surface area (Å²) in [6.45, 7) is 7.60. The number of benzene rings is 3. The Morgan fingerprint density at radius 1 is 1.20 bits per heavy atom. The average molecular weight is 649 g/mol. The first-order valence-electron chi connectivity index (χ1n) is 13.1. The Bertz CT molecular complexity index is 1650. The minimum atomic E-state index is -4.68. The van der Waals surface area contributed by atoms with E-state index in [1.807, 2.05) is 25.1 Å². The van der Waals surface area contributed by atoms with Gasteiger partial charge in [-0.25, -0.2) is 8.78 Å². The molecule has 3 aromatic rings. The number of ether oxygens (including phenoxy) is 1. The van der Waals surface area contributed by atoms with Crippen LogP contribution in [0.25, 0.3) is 17.2 Å². The van der Waals surface area contributed by atoms with Crippen LogP contribution < -0.4 is 10.2 Å². The van der Waals surface area contributed by atoms with E-state index >= 15 is 0 Å². The largest absolute Gasteiger partial charge is 0.480 e. The first-order chi connectivity index (χ1) is 21.2. The second-order valence-electron chi connectivity index (χ2n) is 9.55. The number of halogens is 6. The summed E-state index contributed by atoms with van der Waals surface area (Å²) in [4.78, 5) is 26.9. The lowest BCUT2D eigenvalue weighted by Gasteiger charge is -2.38. The first kappa shape index (κ1) is 34.7. The molecule has 1 fully saturated rings. The summed E-state index contributed by atoms with van der Waals surface area (Å²) in [7, 11) is 0. The third-order valence-electron chi connectivity index (χ3n) is 6.68. The van der Waals surface area contributed by atoms with Crippen molar-refractivity contribution < 1.29 is 41.4 Å². The molecule has 4 rings (SSSR count). The molecule has 1 saturated heterocycles. The molecule has 45 heavy (non-hydrogen) atoms. The number of morpholine rings is 1. The number of alkyl halides is 3. The van der Waals surface area contributed by atoms with Gasteiger partial charge in [-0.15, -0.1) is 0 Å². The lowest BCUT2D eigenvalue weighted by molar-refractivity contribution is -0.167. The number of hydrogen-bond donors (Lipinski definition) is 2. The summed E-state index contributed by atoms with van der Waals surface area (Å²) in [5.41, 5.74) is 3.56. The van der Waals surface area contributed by atoms with E-state index in [2.05, 4.69) is 24.4 Å². The number of nitrogens with one attached hydrogen (secondary N) is 1. The van der Waals surface area contributed by atoms with Gasteiger partial charge in [-0.1, -0.05) is 42.5 Å². The molecule has 0 aliphatic carbocycles. The second-order valence-corrected chi connectivity index (χ2v) is 9.95. The van der Waals surface area contributed by atoms with Crippen LogP contribution in [0.1, 0.15) is 27.0 Å². The van der Waals surface area contributed by atoms with Gasteiger partial charge < -0.3 is 20.1 Å². The Hall–Kier alpha value is -4.80. The number of nitriles is 1. The number of amides is 1. The van der Waals surface area contributed by atoms with Crippen molar-refractivity contribution in [2.45, 2.75) is 19.1 Å². The molecule has 1 aliphatic heterocycles. The molecule has 1 amide bonds. The van der Waals surface area contributed by atoms with Crippen LogP contribution >= 0.6 is 11.6 Å². The molecule has 1 heterocycles. The third-order valence-corrected chi connectivity index (χ3v) is 6.99. The Balaban J connectivity index is 0.000000251. The molecular formula is C31H26ClF5N4O4. The van der Waals surface area contributed by atoms with Gasteiger partial charge in [-0.3, -0.25) is 14.6 Å². The third kappa shape index (κ3) is 8.23. The van der Waals surface area contributed by atoms with Crippen molar-refractivity contribution in [1.29, 1.82) is 5.26 Å². The highest BCUT2D eigenvalue weighted by molar-refractivity contribution is 6.33. The molecule has 14 heteroatoms. The van der Waals surface area contributed by atoms with Crippen molar-refractivity contribution in [3.05, 3.63) is 88.0 Å². The summed E-state index contributed by atoms with van der Waals surface area (Å²) in [5.74, 6) is -5.54. The van der Waals surface area contributed by atoms with Gasteiger partial charge in [0.1, 0.15) is 29.8 Å². The van der Waals surface area contributed by atoms with E-state index in [9.17, 15) is 31.5 Å². The van der Waals surface area contributed by atoms with Crippen molar-refractivity contribution in [3.8, 4) is 17.2 Å². The van der Waals surface area contributed by atoms with E-state index in [0.717, 1.165) is 32.8 Å². The summed E-state index contributed by atoms with van der Waals surface area (Å²) in [6, 6.07) is 10.4. The second kappa shape index (κ2) is 14.8. The fourth-order valence-electron chi connectivity index (χ4n) is 4.53. The van der Waals surface area contributed by atoms with Crippen LogP contribution in [0.3, 0.4) is 0 Å². The van der Waals surface area contributed by atoms with E-state index in [1.54, 1.807) is 23.5 Å². The van der Waals surface area contributed by atoms with Crippen LogP contribution in [0.2, 0.25) is 5.02 Å². The zero-order chi connectivity index (χ0) is 33.5. The molecule has 1 atom stereocenters. The fourth-order valence-corrected chi connectivity index (χ4v) is 4.81. The number of carbonyl (C=O) groups excluding carboxylic acids is 1. The molecule has 0 saturated carbocycles. The van der Waals surface area contributed by atoms with E-state index < -0.39 is 60.1 Å². The highest BCUT2D eigenvalue weighted by atomic mass is 35.5. The number of carboxylic acid groups (broad SMARTS) is 1.